The number of methoxy groups -OCH3 is 1. The van der Waals surface area contributed by atoms with Crippen molar-refractivity contribution in [2.75, 3.05) is 51.4 Å². The molecule has 0 radical (unpaired) electrons. The number of nitrogens with zero attached hydrogens (tertiary/aromatic N) is 5. The van der Waals surface area contributed by atoms with Gasteiger partial charge in [0.25, 0.3) is 0 Å². The second-order valence-corrected chi connectivity index (χ2v) is 8.41. The van der Waals surface area contributed by atoms with E-state index in [0.717, 1.165) is 22.8 Å². The van der Waals surface area contributed by atoms with E-state index in [0.29, 0.717) is 57.5 Å². The summed E-state index contributed by atoms with van der Waals surface area (Å²) in [6.07, 6.45) is 5.77. The first-order valence-corrected chi connectivity index (χ1v) is 12.1. The molecule has 0 spiro atoms. The summed E-state index contributed by atoms with van der Waals surface area (Å²) in [5.41, 5.74) is 1.80. The molecule has 196 valence electrons. The summed E-state index contributed by atoms with van der Waals surface area (Å²) in [4.78, 5) is 39.3. The summed E-state index contributed by atoms with van der Waals surface area (Å²) in [6, 6.07) is 7.64. The zero-order chi connectivity index (χ0) is 26.0. The summed E-state index contributed by atoms with van der Waals surface area (Å²) < 4.78 is 17.5. The minimum Gasteiger partial charge on any atom is -0.486 e. The van der Waals surface area contributed by atoms with E-state index in [4.69, 9.17) is 9.47 Å². The molecule has 12 heteroatoms. The molecule has 3 heterocycles. The van der Waals surface area contributed by atoms with Gasteiger partial charge in [0.2, 0.25) is 11.9 Å². The molecule has 1 aromatic carbocycles. The van der Waals surface area contributed by atoms with Gasteiger partial charge in [-0.05, 0) is 37.5 Å². The number of carbonyl (C=O) groups excluding carboxylic acids is 2. The van der Waals surface area contributed by atoms with Gasteiger partial charge in [-0.25, -0.2) is 14.8 Å². The highest BCUT2D eigenvalue weighted by Gasteiger charge is 2.16. The average Bonchev–Trinajstić information content (AvgIpc) is 3.45. The molecule has 3 aromatic rings. The zero-order valence-corrected chi connectivity index (χ0v) is 21.0. The Morgan fingerprint density at radius 1 is 1.11 bits per heavy atom. The van der Waals surface area contributed by atoms with Gasteiger partial charge < -0.3 is 29.7 Å². The van der Waals surface area contributed by atoms with Gasteiger partial charge in [0.15, 0.2) is 11.5 Å². The first-order chi connectivity index (χ1) is 18.0. The van der Waals surface area contributed by atoms with E-state index >= 15 is 0 Å². The summed E-state index contributed by atoms with van der Waals surface area (Å²) >= 11 is 0. The molecule has 37 heavy (non-hydrogen) atoms. The minimum absolute atomic E-state index is 0.0964. The van der Waals surface area contributed by atoms with E-state index in [9.17, 15) is 9.59 Å². The maximum atomic E-state index is 12.9. The van der Waals surface area contributed by atoms with Crippen molar-refractivity contribution in [3.63, 3.8) is 0 Å². The lowest BCUT2D eigenvalue weighted by Gasteiger charge is -2.24. The Kier molecular flexibility index (Phi) is 8.74. The molecular weight excluding hydrogens is 478 g/mol. The lowest BCUT2D eigenvalue weighted by Crippen LogP contribution is -2.40. The lowest BCUT2D eigenvalue weighted by atomic mass is 10.1. The van der Waals surface area contributed by atoms with Crippen molar-refractivity contribution in [1.29, 1.82) is 0 Å². The Labute approximate surface area is 215 Å². The van der Waals surface area contributed by atoms with Crippen molar-refractivity contribution < 1.29 is 23.8 Å². The fraction of sp³-hybridized carbons (Fsp3) is 0.400. The molecule has 0 saturated carbocycles. The Morgan fingerprint density at radius 2 is 1.95 bits per heavy atom. The Hall–Kier alpha value is -4.35. The van der Waals surface area contributed by atoms with E-state index < -0.39 is 6.09 Å². The Morgan fingerprint density at radius 3 is 2.73 bits per heavy atom. The molecular formula is C25H31N7O5. The minimum atomic E-state index is -0.497. The number of benzene rings is 1. The second-order valence-electron chi connectivity index (χ2n) is 8.41. The highest BCUT2D eigenvalue weighted by Crippen LogP contribution is 2.30. The third kappa shape index (κ3) is 7.32. The Balaban J connectivity index is 1.38. The number of aryl methyl sites for hydroxylation is 1. The molecule has 0 fully saturated rings. The predicted octanol–water partition coefficient (Wildman–Crippen LogP) is 1.65. The fourth-order valence-electron chi connectivity index (χ4n) is 3.82. The number of amides is 2. The number of imidazole rings is 1. The lowest BCUT2D eigenvalue weighted by molar-refractivity contribution is -0.119. The van der Waals surface area contributed by atoms with Crippen LogP contribution in [0.1, 0.15) is 17.7 Å². The zero-order valence-electron chi connectivity index (χ0n) is 21.0. The molecule has 2 aromatic heterocycles. The van der Waals surface area contributed by atoms with Crippen LogP contribution < -0.4 is 25.0 Å². The van der Waals surface area contributed by atoms with E-state index in [1.807, 2.05) is 36.1 Å². The quantitative estimate of drug-likeness (QED) is 0.370. The number of ether oxygens (including phenoxy) is 3. The summed E-state index contributed by atoms with van der Waals surface area (Å²) in [6.45, 7) is 4.40. The summed E-state index contributed by atoms with van der Waals surface area (Å²) in [7, 11) is 1.32. The molecule has 2 N–H and O–H groups in total. The molecule has 0 bridgehead atoms. The topological polar surface area (TPSA) is 133 Å². The van der Waals surface area contributed by atoms with Crippen molar-refractivity contribution >= 4 is 17.8 Å². The van der Waals surface area contributed by atoms with Crippen LogP contribution in [0.25, 0.3) is 5.95 Å². The van der Waals surface area contributed by atoms with E-state index in [2.05, 4.69) is 30.3 Å². The number of rotatable bonds is 11. The summed E-state index contributed by atoms with van der Waals surface area (Å²) in [5.74, 6) is 2.40. The molecule has 0 aliphatic carbocycles. The van der Waals surface area contributed by atoms with Crippen LogP contribution in [-0.4, -0.2) is 78.0 Å². The maximum absolute atomic E-state index is 12.9. The van der Waals surface area contributed by atoms with Gasteiger partial charge in [-0.15, -0.1) is 0 Å². The largest absolute Gasteiger partial charge is 0.486 e. The van der Waals surface area contributed by atoms with Crippen LogP contribution in [0.2, 0.25) is 0 Å². The number of hydrogen-bond acceptors (Lipinski definition) is 9. The number of aromatic nitrogens is 4. The van der Waals surface area contributed by atoms with Gasteiger partial charge in [-0.1, -0.05) is 6.07 Å². The fourth-order valence-corrected chi connectivity index (χ4v) is 3.82. The monoisotopic (exact) mass is 509 g/mol. The molecule has 1 aliphatic heterocycles. The van der Waals surface area contributed by atoms with E-state index in [-0.39, 0.29) is 12.5 Å². The van der Waals surface area contributed by atoms with Crippen molar-refractivity contribution in [1.82, 2.24) is 30.2 Å². The number of nitrogens with one attached hydrogen (secondary N) is 2. The predicted molar refractivity (Wildman–Crippen MR) is 135 cm³/mol. The van der Waals surface area contributed by atoms with Crippen LogP contribution >= 0.6 is 0 Å². The molecule has 12 nitrogen and oxygen atoms in total. The highest BCUT2D eigenvalue weighted by molar-refractivity contribution is 5.81. The smallest absolute Gasteiger partial charge is 0.406 e. The van der Waals surface area contributed by atoms with E-state index in [1.165, 1.54) is 7.11 Å². The first-order valence-electron chi connectivity index (χ1n) is 12.1. The van der Waals surface area contributed by atoms with Crippen LogP contribution in [0.3, 0.4) is 0 Å². The van der Waals surface area contributed by atoms with E-state index in [1.54, 1.807) is 23.3 Å². The van der Waals surface area contributed by atoms with Gasteiger partial charge in [-0.2, -0.15) is 4.98 Å². The normalized spacial score (nSPS) is 12.1. The first kappa shape index (κ1) is 25.7. The van der Waals surface area contributed by atoms with Gasteiger partial charge in [0.05, 0.1) is 13.7 Å². The number of carbonyl (C=O) groups is 2. The van der Waals surface area contributed by atoms with Crippen LogP contribution in [0, 0.1) is 6.92 Å². The maximum Gasteiger partial charge on any atom is 0.406 e. The van der Waals surface area contributed by atoms with Crippen molar-refractivity contribution in [2.24, 2.45) is 0 Å². The van der Waals surface area contributed by atoms with Crippen LogP contribution in [0.4, 0.5) is 10.6 Å². The second kappa shape index (κ2) is 12.6. The van der Waals surface area contributed by atoms with Gasteiger partial charge in [0, 0.05) is 43.8 Å². The van der Waals surface area contributed by atoms with Crippen LogP contribution in [-0.2, 0) is 16.0 Å². The number of hydrogen-bond donors (Lipinski definition) is 2. The molecule has 1 aliphatic rings. The van der Waals surface area contributed by atoms with Crippen LogP contribution in [0.5, 0.6) is 11.5 Å². The van der Waals surface area contributed by atoms with Crippen LogP contribution in [0.15, 0.2) is 43.0 Å². The highest BCUT2D eigenvalue weighted by atomic mass is 16.6. The third-order valence-electron chi connectivity index (χ3n) is 5.62. The molecule has 0 atom stereocenters. The molecule has 4 rings (SSSR count). The average molecular weight is 510 g/mol. The van der Waals surface area contributed by atoms with Gasteiger partial charge >= 0.3 is 6.09 Å². The van der Waals surface area contributed by atoms with Gasteiger partial charge in [-0.3, -0.25) is 9.36 Å². The van der Waals surface area contributed by atoms with Gasteiger partial charge in [0.1, 0.15) is 25.4 Å². The van der Waals surface area contributed by atoms with Crippen molar-refractivity contribution in [3.8, 4) is 17.4 Å². The van der Waals surface area contributed by atoms with Crippen molar-refractivity contribution in [3.05, 3.63) is 54.2 Å². The standard InChI is InChI=1S/C25H31N7O5/c1-18-14-22(30-24(29-18)32-11-9-26-17-32)31(10-3-7-28-25(34)35-2)16-23(33)27-8-6-19-4-5-20-21(15-19)37-13-12-36-20/h4-5,9,11,14-15,17H,3,6-8,10,12-13,16H2,1-2H3,(H,27,33)(H,28,34). The SMILES string of the molecule is COC(=O)NCCCN(CC(=O)NCCc1ccc2c(c1)OCCO2)c1cc(C)nc(-n2ccnc2)n1. The van der Waals surface area contributed by atoms with Crippen molar-refractivity contribution in [2.45, 2.75) is 19.8 Å². The molecule has 0 unspecified atom stereocenters. The number of alkyl carbamates (subject to hydrolysis) is 1. The number of anilines is 1. The number of fused-ring (bicyclic) bond motifs is 1. The Bertz CT molecular complexity index is 1200. The molecule has 0 saturated heterocycles. The molecule has 2 amide bonds. The summed E-state index contributed by atoms with van der Waals surface area (Å²) in [5, 5.41) is 5.64. The third-order valence-corrected chi connectivity index (χ3v) is 5.62.